The highest BCUT2D eigenvalue weighted by Crippen LogP contribution is 2.41. The molecule has 1 heterocycles. The molecule has 0 saturated heterocycles. The Morgan fingerprint density at radius 2 is 1.24 bits per heavy atom. The molecule has 4 atom stereocenters. The van der Waals surface area contributed by atoms with Gasteiger partial charge < -0.3 is 58.5 Å². The van der Waals surface area contributed by atoms with Gasteiger partial charge in [0.1, 0.15) is 52.6 Å². The number of ketones is 2. The summed E-state index contributed by atoms with van der Waals surface area (Å²) < 4.78 is 40.1. The molecule has 496 valence electrons. The number of methoxy groups -OCH3 is 1. The minimum atomic E-state index is -1.44. The zero-order valence-electron chi connectivity index (χ0n) is 55.6. The van der Waals surface area contributed by atoms with Gasteiger partial charge in [-0.3, -0.25) is 19.2 Å². The quantitative estimate of drug-likeness (QED) is 0.0259. The Morgan fingerprint density at radius 1 is 0.659 bits per heavy atom. The van der Waals surface area contributed by atoms with Crippen LogP contribution in [0, 0.1) is 11.8 Å². The van der Waals surface area contributed by atoms with E-state index in [1.165, 1.54) is 41.8 Å². The maximum atomic E-state index is 15.5. The third-order valence-electron chi connectivity index (χ3n) is 14.2. The number of Topliss-reactive ketones (excluding diaryl/α,β-unsaturated/α-hetero) is 2. The van der Waals surface area contributed by atoms with E-state index in [1.54, 1.807) is 157 Å². The summed E-state index contributed by atoms with van der Waals surface area (Å²) in [5, 5.41) is 6.07. The van der Waals surface area contributed by atoms with Crippen molar-refractivity contribution in [2.75, 3.05) is 54.0 Å². The number of carbonyl (C=O) groups is 9. The summed E-state index contributed by atoms with van der Waals surface area (Å²) in [5.74, 6) is -4.89. The fourth-order valence-electron chi connectivity index (χ4n) is 9.83. The van der Waals surface area contributed by atoms with E-state index in [0.29, 0.717) is 35.4 Å². The van der Waals surface area contributed by atoms with Gasteiger partial charge in [-0.05, 0) is 161 Å². The van der Waals surface area contributed by atoms with Gasteiger partial charge >= 0.3 is 30.4 Å². The van der Waals surface area contributed by atoms with Crippen LogP contribution in [0.2, 0.25) is 5.02 Å². The smallest absolute Gasteiger partial charge is 0.491 e. The zero-order chi connectivity index (χ0) is 67.8. The second kappa shape index (κ2) is 32.2. The third-order valence-corrected chi connectivity index (χ3v) is 14.4. The van der Waals surface area contributed by atoms with E-state index in [2.05, 4.69) is 10.6 Å². The Bertz CT molecular complexity index is 3210. The molecule has 0 aromatic heterocycles. The number of amides is 5. The first-order valence-corrected chi connectivity index (χ1v) is 31.0. The molecule has 5 amide bonds. The molecule has 1 aliphatic heterocycles. The van der Waals surface area contributed by atoms with Gasteiger partial charge in [0.05, 0.1) is 13.7 Å². The maximum absolute atomic E-state index is 15.5. The molecule has 5 rings (SSSR count). The Labute approximate surface area is 540 Å². The van der Waals surface area contributed by atoms with Crippen molar-refractivity contribution in [3.8, 4) is 33.8 Å². The fraction of sp³-hybridized carbons (Fsp3) is 0.522. The number of hydrogen-bond donors (Lipinski definition) is 2. The van der Waals surface area contributed by atoms with Crippen LogP contribution in [0.5, 0.6) is 11.5 Å². The summed E-state index contributed by atoms with van der Waals surface area (Å²) in [5.41, 5.74) is -0.142. The normalized spacial score (nSPS) is 15.7. The summed E-state index contributed by atoms with van der Waals surface area (Å²) in [4.78, 5) is 130. The van der Waals surface area contributed by atoms with Crippen LogP contribution in [0.15, 0.2) is 84.9 Å². The van der Waals surface area contributed by atoms with E-state index in [-0.39, 0.29) is 86.0 Å². The van der Waals surface area contributed by atoms with Gasteiger partial charge in [-0.25, -0.2) is 24.0 Å². The molecule has 22 heteroatoms. The van der Waals surface area contributed by atoms with Gasteiger partial charge in [0.25, 0.3) is 0 Å². The topological polar surface area (TPSA) is 252 Å². The van der Waals surface area contributed by atoms with Gasteiger partial charge in [-0.2, -0.15) is 0 Å². The SMILES string of the molecule is COC(=O)[C@@H]1Cc2ccc(OC(=O)OC(C)(C)C)c(c2)-c2cc(ccc2OCCN(CCCN(C)C(=O)OC(C)(C)C)C(=O)OC(C)(C)C)[C@H](N(C)C(=O)[C@H](CCCCNC(=O)OC(C)(C)C)CC(=O)c2ccc(-c3ccc(Cl)cc3)cc2)C(=O)C[C@@H](C)C(=O)N1. The fourth-order valence-corrected chi connectivity index (χ4v) is 9.96. The van der Waals surface area contributed by atoms with Crippen molar-refractivity contribution in [2.24, 2.45) is 11.8 Å². The molecule has 2 N–H and O–H groups in total. The molecule has 0 saturated carbocycles. The van der Waals surface area contributed by atoms with Crippen molar-refractivity contribution in [1.82, 2.24) is 25.3 Å². The first kappa shape index (κ1) is 73.5. The molecule has 0 spiro atoms. The third kappa shape index (κ3) is 23.8. The Hall–Kier alpha value is -8.20. The molecule has 4 aromatic carbocycles. The largest absolute Gasteiger partial charge is 0.514 e. The number of nitrogens with zero attached hydrogens (tertiary/aromatic N) is 3. The second-order valence-electron chi connectivity index (χ2n) is 26.8. The van der Waals surface area contributed by atoms with Crippen molar-refractivity contribution in [3.05, 3.63) is 107 Å². The van der Waals surface area contributed by atoms with Crippen molar-refractivity contribution in [3.63, 3.8) is 0 Å². The highest BCUT2D eigenvalue weighted by Gasteiger charge is 2.37. The lowest BCUT2D eigenvalue weighted by atomic mass is 9.88. The zero-order valence-corrected chi connectivity index (χ0v) is 56.4. The van der Waals surface area contributed by atoms with Crippen LogP contribution in [-0.4, -0.2) is 151 Å². The first-order chi connectivity index (χ1) is 42.4. The molecule has 0 unspecified atom stereocenters. The van der Waals surface area contributed by atoms with E-state index in [1.807, 2.05) is 12.1 Å². The number of nitrogens with one attached hydrogen (secondary N) is 2. The molecular weight excluding hydrogens is 1190 g/mol. The van der Waals surface area contributed by atoms with Gasteiger partial charge in [0, 0.05) is 86.5 Å². The number of fused-ring (bicyclic) bond motifs is 5. The molecule has 0 radical (unpaired) electrons. The number of halogens is 1. The number of rotatable bonds is 21. The van der Waals surface area contributed by atoms with Crippen LogP contribution in [-0.2, 0) is 49.3 Å². The van der Waals surface area contributed by atoms with Crippen LogP contribution in [0.3, 0.4) is 0 Å². The highest BCUT2D eigenvalue weighted by molar-refractivity contribution is 6.30. The van der Waals surface area contributed by atoms with Crippen LogP contribution >= 0.6 is 11.6 Å². The number of likely N-dealkylation sites (N-methyl/N-ethyl adjacent to an activating group) is 1. The average molecular weight is 1280 g/mol. The van der Waals surface area contributed by atoms with Crippen LogP contribution in [0.4, 0.5) is 19.2 Å². The van der Waals surface area contributed by atoms with Crippen molar-refractivity contribution in [2.45, 2.75) is 169 Å². The lowest BCUT2D eigenvalue weighted by Crippen LogP contribution is -2.46. The average Bonchev–Trinajstić information content (AvgIpc) is 0.809. The minimum absolute atomic E-state index is 0.0338. The summed E-state index contributed by atoms with van der Waals surface area (Å²) >= 11 is 6.15. The molecular formula is C69H92ClN5O16. The maximum Gasteiger partial charge on any atom is 0.514 e. The number of carbonyl (C=O) groups excluding carboxylic acids is 9. The van der Waals surface area contributed by atoms with E-state index in [4.69, 9.17) is 44.8 Å². The van der Waals surface area contributed by atoms with Crippen LogP contribution in [0.25, 0.3) is 22.3 Å². The monoisotopic (exact) mass is 1280 g/mol. The van der Waals surface area contributed by atoms with E-state index >= 15 is 9.59 Å². The molecule has 1 aliphatic rings. The Morgan fingerprint density at radius 3 is 1.85 bits per heavy atom. The molecule has 0 aliphatic carbocycles. The van der Waals surface area contributed by atoms with E-state index < -0.39 is 101 Å². The van der Waals surface area contributed by atoms with E-state index in [9.17, 15) is 33.6 Å². The molecule has 91 heavy (non-hydrogen) atoms. The number of ether oxygens (including phenoxy) is 7. The predicted octanol–water partition coefficient (Wildman–Crippen LogP) is 12.8. The standard InChI is InChI=1S/C69H92ClN5O16/c1-43-38-55(77)58(74(15)60(79)49(20-17-18-33-71-62(81)88-66(2,3)4)42-54(76)47-24-22-45(23-25-47)46-26-29-50(70)30-27-46)48-28-32-56(86-37-36-75(64(83)90-68(8,9)10)35-19-34-73(14)63(82)89-67(5,6)7)52(41-48)51-39-44(40-53(61(80)85-16)72-59(43)78)21-31-57(51)87-65(84)91-69(11,12)13/h21-32,39,41,43,49,53,58H,17-20,33-38,40,42H2,1-16H3,(H,71,81)(H,72,78)/t43-,49-,53+,58+/m1/s1. The first-order valence-electron chi connectivity index (χ1n) is 30.7. The molecule has 0 fully saturated rings. The highest BCUT2D eigenvalue weighted by atomic mass is 35.5. The van der Waals surface area contributed by atoms with Gasteiger partial charge in [0.2, 0.25) is 11.8 Å². The molecule has 21 nitrogen and oxygen atoms in total. The minimum Gasteiger partial charge on any atom is -0.491 e. The Kier molecular flexibility index (Phi) is 26.0. The van der Waals surface area contributed by atoms with Crippen LogP contribution < -0.4 is 20.1 Å². The lowest BCUT2D eigenvalue weighted by Gasteiger charge is -2.32. The van der Waals surface area contributed by atoms with Gasteiger partial charge in [0.15, 0.2) is 11.6 Å². The van der Waals surface area contributed by atoms with Crippen LogP contribution in [0.1, 0.15) is 156 Å². The number of benzene rings is 4. The Balaban J connectivity index is 1.65. The number of unbranched alkanes of at least 4 members (excludes halogenated alkanes) is 1. The number of hydrogen-bond acceptors (Lipinski definition) is 16. The summed E-state index contributed by atoms with van der Waals surface area (Å²) in [6.07, 6.45) is -2.42. The second-order valence-corrected chi connectivity index (χ2v) is 27.2. The summed E-state index contributed by atoms with van der Waals surface area (Å²) in [6, 6.07) is 21.0. The molecule has 4 bridgehead atoms. The summed E-state index contributed by atoms with van der Waals surface area (Å²) in [6.45, 7) is 22.7. The van der Waals surface area contributed by atoms with Crippen molar-refractivity contribution in [1.29, 1.82) is 0 Å². The van der Waals surface area contributed by atoms with Crippen molar-refractivity contribution >= 4 is 65.4 Å². The van der Waals surface area contributed by atoms with Gasteiger partial charge in [-0.1, -0.05) is 73.5 Å². The molecule has 4 aromatic rings. The summed E-state index contributed by atoms with van der Waals surface area (Å²) in [7, 11) is 4.23. The number of alkyl carbamates (subject to hydrolysis) is 1. The van der Waals surface area contributed by atoms with E-state index in [0.717, 1.165) is 11.1 Å². The lowest BCUT2D eigenvalue weighted by molar-refractivity contribution is -0.146. The van der Waals surface area contributed by atoms with Crippen molar-refractivity contribution < 1.29 is 76.3 Å². The van der Waals surface area contributed by atoms with Gasteiger partial charge in [-0.15, -0.1) is 0 Å². The number of esters is 1. The predicted molar refractivity (Wildman–Crippen MR) is 345 cm³/mol.